The number of pyridine rings is 1. The number of imide groups is 1. The molecule has 5 amide bonds. The van der Waals surface area contributed by atoms with Gasteiger partial charge in [-0.25, -0.2) is 18.7 Å². The molecule has 2 aromatic carbocycles. The molecule has 3 N–H and O–H groups in total. The molecule has 10 rings (SSSR count). The van der Waals surface area contributed by atoms with Gasteiger partial charge >= 0.3 is 6.03 Å². The molecule has 4 fully saturated rings. The summed E-state index contributed by atoms with van der Waals surface area (Å²) in [7, 11) is 1.80. The first-order valence-electron chi connectivity index (χ1n) is 20.3. The van der Waals surface area contributed by atoms with Crippen LogP contribution < -0.4 is 30.5 Å². The molecule has 0 radical (unpaired) electrons. The van der Waals surface area contributed by atoms with Crippen molar-refractivity contribution in [3.05, 3.63) is 88.8 Å². The monoisotopic (exact) mass is 832 g/mol. The smallest absolute Gasteiger partial charge is 0.328 e. The molecular weight excluding hydrogens is 791 g/mol. The number of nitrogens with one attached hydrogen (secondary N) is 3. The third-order valence-electron chi connectivity index (χ3n) is 12.6. The Kier molecular flexibility index (Phi) is 9.34. The third-order valence-corrected chi connectivity index (χ3v) is 12.9. The molecule has 2 aliphatic carbocycles. The number of alkyl halides is 1. The molecule has 17 heteroatoms. The standard InChI is InChI=1S/C43H42ClFN10O5/c1-46-33-19-37(51-55-36(23-48-39(33)55)40(57)49-32-18-30(32)45)53-13-9-28-27(3-2-4-34(28)53)31-8-6-25(22-47-31)60-26-20-43(21-26)11-15-52(16-12-43)41(58)24-5-7-29(44)35(17-24)54-14-10-38(56)50-42(54)59/h2-8,17,19,22-23,26,30,32,46H,9-16,18,20-21H2,1H3,(H,49,57)(H,50,56,59). The Morgan fingerprint density at radius 3 is 2.48 bits per heavy atom. The average molecular weight is 833 g/mol. The number of imidazole rings is 1. The van der Waals surface area contributed by atoms with Crippen LogP contribution in [0.5, 0.6) is 5.75 Å². The Bertz CT molecular complexity index is 2570. The number of aromatic nitrogens is 4. The van der Waals surface area contributed by atoms with Gasteiger partial charge in [-0.1, -0.05) is 23.7 Å². The van der Waals surface area contributed by atoms with Crippen LogP contribution in [0.2, 0.25) is 5.02 Å². The van der Waals surface area contributed by atoms with E-state index in [1.165, 1.54) is 15.6 Å². The largest absolute Gasteiger partial charge is 0.489 e. The van der Waals surface area contributed by atoms with E-state index < -0.39 is 24.2 Å². The van der Waals surface area contributed by atoms with E-state index >= 15 is 0 Å². The number of halogens is 2. The number of piperidine rings is 1. The minimum Gasteiger partial charge on any atom is -0.489 e. The highest BCUT2D eigenvalue weighted by atomic mass is 35.5. The maximum atomic E-state index is 13.6. The second-order valence-electron chi connectivity index (χ2n) is 16.3. The highest BCUT2D eigenvalue weighted by molar-refractivity contribution is 6.34. The van der Waals surface area contributed by atoms with Gasteiger partial charge in [0.25, 0.3) is 11.8 Å². The van der Waals surface area contributed by atoms with Gasteiger partial charge in [0.1, 0.15) is 11.9 Å². The molecule has 60 heavy (non-hydrogen) atoms. The maximum absolute atomic E-state index is 13.6. The number of carbonyl (C=O) groups excluding carboxylic acids is 4. The molecule has 6 heterocycles. The van der Waals surface area contributed by atoms with Crippen LogP contribution in [0.1, 0.15) is 64.9 Å². The van der Waals surface area contributed by atoms with Crippen molar-refractivity contribution in [3.8, 4) is 17.0 Å². The molecule has 2 atom stereocenters. The predicted molar refractivity (Wildman–Crippen MR) is 222 cm³/mol. The summed E-state index contributed by atoms with van der Waals surface area (Å²) in [5.74, 6) is 0.514. The summed E-state index contributed by atoms with van der Waals surface area (Å²) in [4.78, 5) is 65.3. The number of rotatable bonds is 9. The number of likely N-dealkylation sites (tertiary alicyclic amines) is 1. The second-order valence-corrected chi connectivity index (χ2v) is 16.7. The minimum absolute atomic E-state index is 0.0690. The number of amides is 5. The van der Waals surface area contributed by atoms with Gasteiger partial charge in [0, 0.05) is 68.9 Å². The van der Waals surface area contributed by atoms with Gasteiger partial charge < -0.3 is 25.2 Å². The van der Waals surface area contributed by atoms with Crippen molar-refractivity contribution in [2.24, 2.45) is 5.41 Å². The topological polar surface area (TPSA) is 166 Å². The molecule has 2 unspecified atom stereocenters. The van der Waals surface area contributed by atoms with Crippen molar-refractivity contribution in [2.45, 2.75) is 63.3 Å². The Balaban J connectivity index is 0.767. The van der Waals surface area contributed by atoms with Crippen molar-refractivity contribution < 1.29 is 28.3 Å². The number of carbonyl (C=O) groups is 4. The zero-order valence-electron chi connectivity index (χ0n) is 32.8. The van der Waals surface area contributed by atoms with Gasteiger partial charge in [0.05, 0.1) is 46.6 Å². The molecule has 5 aliphatic rings. The lowest BCUT2D eigenvalue weighted by atomic mass is 9.61. The number of ether oxygens (including phenoxy) is 1. The van der Waals surface area contributed by atoms with Crippen molar-refractivity contribution in [1.82, 2.24) is 35.1 Å². The van der Waals surface area contributed by atoms with Crippen LogP contribution in [-0.2, 0) is 11.2 Å². The van der Waals surface area contributed by atoms with Gasteiger partial charge in [-0.15, -0.1) is 5.10 Å². The first-order valence-corrected chi connectivity index (χ1v) is 20.7. The summed E-state index contributed by atoms with van der Waals surface area (Å²) in [6.45, 7) is 2.13. The maximum Gasteiger partial charge on any atom is 0.328 e. The molecule has 2 saturated carbocycles. The average Bonchev–Trinajstić information content (AvgIpc) is 3.55. The first-order chi connectivity index (χ1) is 29.1. The fourth-order valence-corrected chi connectivity index (χ4v) is 9.33. The van der Waals surface area contributed by atoms with Crippen LogP contribution in [0.4, 0.5) is 32.1 Å². The van der Waals surface area contributed by atoms with Gasteiger partial charge in [0.2, 0.25) is 5.91 Å². The molecule has 3 aromatic heterocycles. The van der Waals surface area contributed by atoms with E-state index in [2.05, 4.69) is 38.0 Å². The number of anilines is 4. The van der Waals surface area contributed by atoms with E-state index in [-0.39, 0.29) is 42.0 Å². The number of hydrogen-bond donors (Lipinski definition) is 3. The van der Waals surface area contributed by atoms with Crippen molar-refractivity contribution >= 4 is 63.9 Å². The number of hydrogen-bond acceptors (Lipinski definition) is 10. The highest BCUT2D eigenvalue weighted by Gasteiger charge is 2.48. The van der Waals surface area contributed by atoms with Crippen LogP contribution in [0.3, 0.4) is 0 Å². The number of fused-ring (bicyclic) bond motifs is 2. The number of benzene rings is 2. The third kappa shape index (κ3) is 6.81. The van der Waals surface area contributed by atoms with Crippen LogP contribution in [0.15, 0.2) is 67.0 Å². The zero-order chi connectivity index (χ0) is 41.3. The summed E-state index contributed by atoms with van der Waals surface area (Å²) in [6, 6.07) is 16.0. The molecule has 3 aliphatic heterocycles. The Hall–Kier alpha value is -6.29. The lowest BCUT2D eigenvalue weighted by molar-refractivity contribution is -0.120. The Morgan fingerprint density at radius 1 is 0.950 bits per heavy atom. The lowest BCUT2D eigenvalue weighted by Crippen LogP contribution is -2.52. The van der Waals surface area contributed by atoms with Gasteiger partial charge in [-0.05, 0) is 79.5 Å². The quantitative estimate of drug-likeness (QED) is 0.162. The highest BCUT2D eigenvalue weighted by Crippen LogP contribution is 2.51. The van der Waals surface area contributed by atoms with E-state index in [1.54, 1.807) is 31.4 Å². The summed E-state index contributed by atoms with van der Waals surface area (Å²) in [5, 5.41) is 13.4. The zero-order valence-corrected chi connectivity index (χ0v) is 33.5. The van der Waals surface area contributed by atoms with E-state index in [0.29, 0.717) is 65.2 Å². The van der Waals surface area contributed by atoms with Crippen molar-refractivity contribution in [1.29, 1.82) is 0 Å². The lowest BCUT2D eigenvalue weighted by Gasteiger charge is -2.51. The second kappa shape index (κ2) is 14.8. The number of nitrogens with zero attached hydrogens (tertiary/aromatic N) is 7. The fraction of sp³-hybridized carbons (Fsp3) is 0.372. The van der Waals surface area contributed by atoms with E-state index in [4.69, 9.17) is 26.4 Å². The molecule has 0 bridgehead atoms. The molecule has 15 nitrogen and oxygen atoms in total. The van der Waals surface area contributed by atoms with Crippen LogP contribution in [0.25, 0.3) is 16.9 Å². The van der Waals surface area contributed by atoms with Crippen molar-refractivity contribution in [2.75, 3.05) is 48.3 Å². The molecule has 308 valence electrons. The normalized spacial score (nSPS) is 20.8. The van der Waals surface area contributed by atoms with E-state index in [0.717, 1.165) is 54.6 Å². The predicted octanol–water partition coefficient (Wildman–Crippen LogP) is 5.93. The van der Waals surface area contributed by atoms with Crippen LogP contribution >= 0.6 is 11.6 Å². The molecule has 2 saturated heterocycles. The Morgan fingerprint density at radius 2 is 1.75 bits per heavy atom. The van der Waals surface area contributed by atoms with Gasteiger partial charge in [-0.2, -0.15) is 0 Å². The van der Waals surface area contributed by atoms with Crippen LogP contribution in [-0.4, -0.2) is 99.8 Å². The van der Waals surface area contributed by atoms with E-state index in [9.17, 15) is 23.6 Å². The van der Waals surface area contributed by atoms with Gasteiger partial charge in [0.15, 0.2) is 17.2 Å². The summed E-state index contributed by atoms with van der Waals surface area (Å²) in [5.41, 5.74) is 6.47. The molecule has 5 aromatic rings. The summed E-state index contributed by atoms with van der Waals surface area (Å²) < 4.78 is 21.5. The SMILES string of the molecule is CNc1cc(N2CCc3c(-c4ccc(OC5CC6(CCN(C(=O)c7ccc(Cl)c(N8CCC(=O)NC8=O)c7)CC6)C5)cn4)cccc32)nn2c(C(=O)NC3CC3F)cnc12. The Labute approximate surface area is 349 Å². The van der Waals surface area contributed by atoms with Crippen molar-refractivity contribution in [3.63, 3.8) is 0 Å². The fourth-order valence-electron chi connectivity index (χ4n) is 9.11. The molecule has 1 spiro atoms. The minimum atomic E-state index is -1.02. The summed E-state index contributed by atoms with van der Waals surface area (Å²) >= 11 is 6.41. The van der Waals surface area contributed by atoms with Gasteiger partial charge in [-0.3, -0.25) is 29.6 Å². The summed E-state index contributed by atoms with van der Waals surface area (Å²) in [6.07, 6.45) is 7.13. The first kappa shape index (κ1) is 37.9. The van der Waals surface area contributed by atoms with Crippen LogP contribution in [0, 0.1) is 5.41 Å². The number of urea groups is 1. The van der Waals surface area contributed by atoms with E-state index in [1.807, 2.05) is 29.2 Å². The molecular formula is C43H42ClFN10O5.